The molecule has 0 atom stereocenters. The predicted octanol–water partition coefficient (Wildman–Crippen LogP) is 5.52. The number of halogens is 1. The topological polar surface area (TPSA) is 96.8 Å². The van der Waals surface area contributed by atoms with Crippen molar-refractivity contribution in [2.45, 2.75) is 38.6 Å². The monoisotopic (exact) mass is 451 g/mol. The van der Waals surface area contributed by atoms with Crippen LogP contribution in [0.1, 0.15) is 32.1 Å². The number of rotatable bonds is 9. The van der Waals surface area contributed by atoms with Gasteiger partial charge in [-0.2, -0.15) is 10.1 Å². The average molecular weight is 452 g/mol. The summed E-state index contributed by atoms with van der Waals surface area (Å²) in [6.45, 7) is 4.37. The number of nitrogens with zero attached hydrogens (tertiary/aromatic N) is 4. The number of benzene rings is 1. The quantitative estimate of drug-likeness (QED) is 0.371. The van der Waals surface area contributed by atoms with Crippen molar-refractivity contribution in [3.8, 4) is 0 Å². The molecule has 166 valence electrons. The lowest BCUT2D eigenvalue weighted by atomic mass is 10.0. The van der Waals surface area contributed by atoms with Gasteiger partial charge < -0.3 is 16.0 Å². The molecule has 0 unspecified atom stereocenters. The summed E-state index contributed by atoms with van der Waals surface area (Å²) in [6.07, 6.45) is 13.0. The summed E-state index contributed by atoms with van der Waals surface area (Å²) in [6, 6.07) is 7.23. The van der Waals surface area contributed by atoms with Gasteiger partial charge >= 0.3 is 0 Å². The highest BCUT2D eigenvalue weighted by Crippen LogP contribution is 2.28. The summed E-state index contributed by atoms with van der Waals surface area (Å²) in [5, 5.41) is 13.9. The molecule has 1 amide bonds. The summed E-state index contributed by atoms with van der Waals surface area (Å²) >= 11 is 6.29. The van der Waals surface area contributed by atoms with Crippen molar-refractivity contribution >= 4 is 46.3 Å². The molecule has 1 aromatic carbocycles. The fourth-order valence-corrected chi connectivity index (χ4v) is 3.95. The molecule has 0 bridgehead atoms. The average Bonchev–Trinajstić information content (AvgIpc) is 3.47. The SMILES string of the molecule is C=CC(=O)Nc1cccc(Nc2nc(Nc3cnn(CCC4CCCC4)c3)ncc2Cl)c1. The fourth-order valence-electron chi connectivity index (χ4n) is 3.81. The Balaban J connectivity index is 1.40. The summed E-state index contributed by atoms with van der Waals surface area (Å²) < 4.78 is 1.96. The molecule has 1 fully saturated rings. The largest absolute Gasteiger partial charge is 0.339 e. The lowest BCUT2D eigenvalue weighted by Crippen LogP contribution is -2.07. The maximum Gasteiger partial charge on any atom is 0.247 e. The van der Waals surface area contributed by atoms with E-state index in [0.717, 1.165) is 23.8 Å². The Kier molecular flexibility index (Phi) is 7.01. The first-order chi connectivity index (χ1) is 15.6. The zero-order valence-corrected chi connectivity index (χ0v) is 18.5. The van der Waals surface area contributed by atoms with Gasteiger partial charge in [-0.05, 0) is 36.6 Å². The van der Waals surface area contributed by atoms with E-state index in [1.165, 1.54) is 44.4 Å². The first-order valence-electron chi connectivity index (χ1n) is 10.7. The Labute approximate surface area is 192 Å². The number of carbonyl (C=O) groups is 1. The predicted molar refractivity (Wildman–Crippen MR) is 128 cm³/mol. The molecule has 1 saturated carbocycles. The van der Waals surface area contributed by atoms with Crippen LogP contribution in [0.5, 0.6) is 0 Å². The molecule has 9 heteroatoms. The van der Waals surface area contributed by atoms with E-state index in [4.69, 9.17) is 11.6 Å². The van der Waals surface area contributed by atoms with Crippen LogP contribution in [0.4, 0.5) is 28.8 Å². The van der Waals surface area contributed by atoms with Crippen molar-refractivity contribution < 1.29 is 4.79 Å². The van der Waals surface area contributed by atoms with E-state index >= 15 is 0 Å². The van der Waals surface area contributed by atoms with Crippen molar-refractivity contribution in [2.75, 3.05) is 16.0 Å². The first kappa shape index (κ1) is 21.8. The Hall–Kier alpha value is -3.39. The van der Waals surface area contributed by atoms with Crippen molar-refractivity contribution in [1.29, 1.82) is 0 Å². The highest BCUT2D eigenvalue weighted by molar-refractivity contribution is 6.32. The molecule has 8 nitrogen and oxygen atoms in total. The van der Waals surface area contributed by atoms with Crippen LogP contribution in [-0.2, 0) is 11.3 Å². The molecule has 3 N–H and O–H groups in total. The van der Waals surface area contributed by atoms with E-state index in [0.29, 0.717) is 22.5 Å². The second kappa shape index (κ2) is 10.3. The number of anilines is 5. The van der Waals surface area contributed by atoms with E-state index in [9.17, 15) is 4.79 Å². The molecular weight excluding hydrogens is 426 g/mol. The standard InChI is InChI=1S/C23H26ClN7O/c1-2-21(32)27-17-8-5-9-18(12-17)28-22-20(24)14-25-23(30-22)29-19-13-26-31(15-19)11-10-16-6-3-4-7-16/h2,5,8-9,12-16H,1,3-4,6-7,10-11H2,(H,27,32)(H2,25,28,29,30). The van der Waals surface area contributed by atoms with Crippen LogP contribution in [-0.4, -0.2) is 25.7 Å². The van der Waals surface area contributed by atoms with Crippen LogP contribution in [0.3, 0.4) is 0 Å². The number of carbonyl (C=O) groups excluding carboxylic acids is 1. The van der Waals surface area contributed by atoms with Gasteiger partial charge in [0.2, 0.25) is 11.9 Å². The van der Waals surface area contributed by atoms with Crippen LogP contribution < -0.4 is 16.0 Å². The Morgan fingerprint density at radius 2 is 2.00 bits per heavy atom. The minimum atomic E-state index is -0.280. The maximum absolute atomic E-state index is 11.5. The van der Waals surface area contributed by atoms with Crippen LogP contribution in [0.2, 0.25) is 5.02 Å². The summed E-state index contributed by atoms with van der Waals surface area (Å²) in [7, 11) is 0. The summed E-state index contributed by atoms with van der Waals surface area (Å²) in [4.78, 5) is 20.3. The second-order valence-electron chi connectivity index (χ2n) is 7.85. The third kappa shape index (κ3) is 5.85. The smallest absolute Gasteiger partial charge is 0.247 e. The van der Waals surface area contributed by atoms with Crippen molar-refractivity contribution in [3.05, 3.63) is 60.5 Å². The van der Waals surface area contributed by atoms with Crippen LogP contribution >= 0.6 is 11.6 Å². The Morgan fingerprint density at radius 3 is 2.81 bits per heavy atom. The highest BCUT2D eigenvalue weighted by atomic mass is 35.5. The zero-order valence-electron chi connectivity index (χ0n) is 17.7. The van der Waals surface area contributed by atoms with E-state index in [2.05, 4.69) is 37.6 Å². The minimum Gasteiger partial charge on any atom is -0.339 e. The van der Waals surface area contributed by atoms with Gasteiger partial charge in [0, 0.05) is 24.1 Å². The third-order valence-electron chi connectivity index (χ3n) is 5.45. The number of nitrogens with one attached hydrogen (secondary N) is 3. The van der Waals surface area contributed by atoms with Crippen molar-refractivity contribution in [3.63, 3.8) is 0 Å². The fraction of sp³-hybridized carbons (Fsp3) is 0.304. The minimum absolute atomic E-state index is 0.280. The van der Waals surface area contributed by atoms with Crippen LogP contribution in [0, 0.1) is 5.92 Å². The van der Waals surface area contributed by atoms with Crippen LogP contribution in [0.25, 0.3) is 0 Å². The van der Waals surface area contributed by atoms with Gasteiger partial charge in [0.05, 0.1) is 18.1 Å². The number of amides is 1. The molecule has 2 aromatic heterocycles. The van der Waals surface area contributed by atoms with Gasteiger partial charge in [-0.1, -0.05) is 49.9 Å². The van der Waals surface area contributed by atoms with Gasteiger partial charge in [0.1, 0.15) is 5.02 Å². The Morgan fingerprint density at radius 1 is 1.19 bits per heavy atom. The molecule has 3 aromatic rings. The second-order valence-corrected chi connectivity index (χ2v) is 8.25. The molecule has 0 saturated heterocycles. The Bertz CT molecular complexity index is 1090. The third-order valence-corrected chi connectivity index (χ3v) is 5.73. The van der Waals surface area contributed by atoms with Gasteiger partial charge in [-0.3, -0.25) is 9.48 Å². The molecule has 32 heavy (non-hydrogen) atoms. The molecular formula is C23H26ClN7O. The van der Waals surface area contributed by atoms with Gasteiger partial charge in [0.15, 0.2) is 5.82 Å². The maximum atomic E-state index is 11.5. The molecule has 0 spiro atoms. The van der Waals surface area contributed by atoms with E-state index in [1.54, 1.807) is 18.3 Å². The van der Waals surface area contributed by atoms with Gasteiger partial charge in [0.25, 0.3) is 0 Å². The van der Waals surface area contributed by atoms with Crippen LogP contribution in [0.15, 0.2) is 55.5 Å². The molecule has 0 radical (unpaired) electrons. The molecule has 1 aliphatic carbocycles. The molecule has 2 heterocycles. The lowest BCUT2D eigenvalue weighted by molar-refractivity contribution is -0.111. The summed E-state index contributed by atoms with van der Waals surface area (Å²) in [5.41, 5.74) is 2.17. The zero-order chi connectivity index (χ0) is 22.3. The number of aromatic nitrogens is 4. The number of hydrogen-bond acceptors (Lipinski definition) is 6. The van der Waals surface area contributed by atoms with E-state index < -0.39 is 0 Å². The molecule has 4 rings (SSSR count). The van der Waals surface area contributed by atoms with Crippen molar-refractivity contribution in [2.24, 2.45) is 5.92 Å². The normalized spacial score (nSPS) is 13.7. The highest BCUT2D eigenvalue weighted by Gasteiger charge is 2.15. The van der Waals surface area contributed by atoms with Gasteiger partial charge in [-0.15, -0.1) is 0 Å². The number of aryl methyl sites for hydroxylation is 1. The first-order valence-corrected chi connectivity index (χ1v) is 11.1. The van der Waals surface area contributed by atoms with E-state index in [-0.39, 0.29) is 5.91 Å². The molecule has 0 aliphatic heterocycles. The summed E-state index contributed by atoms with van der Waals surface area (Å²) in [5.74, 6) is 1.40. The van der Waals surface area contributed by atoms with Crippen molar-refractivity contribution in [1.82, 2.24) is 19.7 Å². The number of hydrogen-bond donors (Lipinski definition) is 3. The van der Waals surface area contributed by atoms with E-state index in [1.807, 2.05) is 23.0 Å². The lowest BCUT2D eigenvalue weighted by Gasteiger charge is -2.11. The van der Waals surface area contributed by atoms with Gasteiger partial charge in [-0.25, -0.2) is 4.98 Å². The molecule has 1 aliphatic rings.